The molecular weight excluding hydrogens is 334 g/mol. The van der Waals surface area contributed by atoms with E-state index in [1.807, 2.05) is 11.4 Å². The molecule has 0 saturated heterocycles. The molecule has 1 fully saturated rings. The van der Waals surface area contributed by atoms with Gasteiger partial charge in [-0.15, -0.1) is 11.3 Å². The summed E-state index contributed by atoms with van der Waals surface area (Å²) in [6.07, 6.45) is 4.78. The van der Waals surface area contributed by atoms with Crippen LogP contribution in [0.1, 0.15) is 53.9 Å². The van der Waals surface area contributed by atoms with Gasteiger partial charge >= 0.3 is 0 Å². The van der Waals surface area contributed by atoms with Gasteiger partial charge in [-0.1, -0.05) is 31.0 Å². The summed E-state index contributed by atoms with van der Waals surface area (Å²) in [5.74, 6) is 0.896. The summed E-state index contributed by atoms with van der Waals surface area (Å²) in [5, 5.41) is 5.20. The Morgan fingerprint density at radius 2 is 2.04 bits per heavy atom. The van der Waals surface area contributed by atoms with Gasteiger partial charge in [-0.25, -0.2) is 0 Å². The molecule has 1 atom stereocenters. The van der Waals surface area contributed by atoms with Crippen molar-refractivity contribution < 1.29 is 14.3 Å². The molecule has 1 N–H and O–H groups in total. The van der Waals surface area contributed by atoms with Gasteiger partial charge in [-0.3, -0.25) is 9.59 Å². The van der Waals surface area contributed by atoms with Crippen molar-refractivity contribution in [1.29, 1.82) is 0 Å². The van der Waals surface area contributed by atoms with E-state index in [9.17, 15) is 9.59 Å². The van der Waals surface area contributed by atoms with E-state index in [4.69, 9.17) is 4.74 Å². The lowest BCUT2D eigenvalue weighted by molar-refractivity contribution is -0.124. The molecule has 1 aliphatic carbocycles. The Bertz CT molecular complexity index is 720. The number of hydrogen-bond acceptors (Lipinski definition) is 4. The van der Waals surface area contributed by atoms with Gasteiger partial charge < -0.3 is 10.1 Å². The van der Waals surface area contributed by atoms with Crippen molar-refractivity contribution >= 4 is 23.0 Å². The van der Waals surface area contributed by atoms with Crippen LogP contribution < -0.4 is 10.1 Å². The molecule has 1 aromatic heterocycles. The number of benzene rings is 1. The third-order valence-electron chi connectivity index (χ3n) is 4.65. The van der Waals surface area contributed by atoms with Crippen LogP contribution in [-0.2, 0) is 4.79 Å². The maximum absolute atomic E-state index is 12.4. The van der Waals surface area contributed by atoms with Gasteiger partial charge in [0.05, 0.1) is 6.04 Å². The highest BCUT2D eigenvalue weighted by Gasteiger charge is 2.28. The molecule has 25 heavy (non-hydrogen) atoms. The molecule has 0 aliphatic heterocycles. The average molecular weight is 357 g/mol. The third-order valence-corrected chi connectivity index (χ3v) is 5.60. The SMILES string of the molecule is CC(=O)c1cccc(OCC(=O)NC(c2cccs2)C2CCCC2)c1. The van der Waals surface area contributed by atoms with E-state index in [1.54, 1.807) is 35.6 Å². The minimum Gasteiger partial charge on any atom is -0.484 e. The first-order valence-corrected chi connectivity index (χ1v) is 9.58. The van der Waals surface area contributed by atoms with Crippen molar-refractivity contribution in [3.8, 4) is 5.75 Å². The zero-order valence-electron chi connectivity index (χ0n) is 14.4. The molecule has 3 rings (SSSR count). The molecule has 1 aromatic carbocycles. The summed E-state index contributed by atoms with van der Waals surface area (Å²) in [6.45, 7) is 1.47. The molecule has 4 nitrogen and oxygen atoms in total. The fraction of sp³-hybridized carbons (Fsp3) is 0.400. The minimum atomic E-state index is -0.126. The lowest BCUT2D eigenvalue weighted by Gasteiger charge is -2.23. The highest BCUT2D eigenvalue weighted by molar-refractivity contribution is 7.10. The first-order chi connectivity index (χ1) is 12.1. The van der Waals surface area contributed by atoms with Crippen molar-refractivity contribution in [3.05, 3.63) is 52.2 Å². The first kappa shape index (κ1) is 17.7. The second kappa shape index (κ2) is 8.30. The summed E-state index contributed by atoms with van der Waals surface area (Å²) in [5.41, 5.74) is 0.584. The smallest absolute Gasteiger partial charge is 0.258 e. The van der Waals surface area contributed by atoms with Crippen LogP contribution in [0.2, 0.25) is 0 Å². The van der Waals surface area contributed by atoms with Crippen LogP contribution in [0.3, 0.4) is 0 Å². The maximum atomic E-state index is 12.4. The Balaban J connectivity index is 1.60. The Labute approximate surface area is 152 Å². The van der Waals surface area contributed by atoms with Crippen molar-refractivity contribution in [1.82, 2.24) is 5.32 Å². The van der Waals surface area contributed by atoms with E-state index in [-0.39, 0.29) is 24.3 Å². The van der Waals surface area contributed by atoms with E-state index >= 15 is 0 Å². The number of nitrogens with one attached hydrogen (secondary N) is 1. The normalized spacial score (nSPS) is 15.7. The monoisotopic (exact) mass is 357 g/mol. The number of Topliss-reactive ketones (excluding diaryl/α,β-unsaturated/α-hetero) is 1. The van der Waals surface area contributed by atoms with Crippen molar-refractivity contribution in [2.24, 2.45) is 5.92 Å². The molecule has 0 bridgehead atoms. The zero-order valence-corrected chi connectivity index (χ0v) is 15.2. The topological polar surface area (TPSA) is 55.4 Å². The molecule has 1 amide bonds. The number of ether oxygens (including phenoxy) is 1. The largest absolute Gasteiger partial charge is 0.484 e. The fourth-order valence-electron chi connectivity index (χ4n) is 3.35. The van der Waals surface area contributed by atoms with Gasteiger partial charge in [-0.05, 0) is 49.3 Å². The van der Waals surface area contributed by atoms with Gasteiger partial charge in [0, 0.05) is 10.4 Å². The van der Waals surface area contributed by atoms with Gasteiger partial charge in [-0.2, -0.15) is 0 Å². The second-order valence-electron chi connectivity index (χ2n) is 6.48. The average Bonchev–Trinajstić information content (AvgIpc) is 3.31. The van der Waals surface area contributed by atoms with Crippen LogP contribution in [-0.4, -0.2) is 18.3 Å². The predicted molar refractivity (Wildman–Crippen MR) is 99.1 cm³/mol. The lowest BCUT2D eigenvalue weighted by atomic mass is 9.96. The summed E-state index contributed by atoms with van der Waals surface area (Å²) in [7, 11) is 0. The van der Waals surface area contributed by atoms with Gasteiger partial charge in [0.15, 0.2) is 12.4 Å². The molecule has 2 aromatic rings. The number of carbonyl (C=O) groups is 2. The molecule has 0 radical (unpaired) electrons. The molecule has 5 heteroatoms. The predicted octanol–water partition coefficient (Wildman–Crippen LogP) is 4.38. The molecular formula is C20H23NO3S. The third kappa shape index (κ3) is 4.69. The minimum absolute atomic E-state index is 0.0195. The van der Waals surface area contributed by atoms with Crippen LogP contribution in [0.5, 0.6) is 5.75 Å². The summed E-state index contributed by atoms with van der Waals surface area (Å²) in [4.78, 5) is 25.0. The Kier molecular flexibility index (Phi) is 5.87. The fourth-order valence-corrected chi connectivity index (χ4v) is 4.22. The number of rotatable bonds is 7. The Morgan fingerprint density at radius 1 is 1.24 bits per heavy atom. The van der Waals surface area contributed by atoms with Gasteiger partial charge in [0.2, 0.25) is 0 Å². The van der Waals surface area contributed by atoms with Gasteiger partial charge in [0.1, 0.15) is 5.75 Å². The number of hydrogen-bond donors (Lipinski definition) is 1. The van der Waals surface area contributed by atoms with E-state index in [0.717, 1.165) is 12.8 Å². The number of ketones is 1. The van der Waals surface area contributed by atoms with E-state index in [2.05, 4.69) is 11.4 Å². The molecule has 1 heterocycles. The van der Waals surface area contributed by atoms with Crippen molar-refractivity contribution in [2.75, 3.05) is 6.61 Å². The molecule has 0 spiro atoms. The summed E-state index contributed by atoms with van der Waals surface area (Å²) < 4.78 is 5.58. The standard InChI is InChI=1S/C20H23NO3S/c1-14(22)16-8-4-9-17(12-16)24-13-19(23)21-20(15-6-2-3-7-15)18-10-5-11-25-18/h4-5,8-12,15,20H,2-3,6-7,13H2,1H3,(H,21,23). The number of carbonyl (C=O) groups excluding carboxylic acids is 2. The van der Waals surface area contributed by atoms with E-state index < -0.39 is 0 Å². The molecule has 1 unspecified atom stereocenters. The zero-order chi connectivity index (χ0) is 17.6. The van der Waals surface area contributed by atoms with Crippen LogP contribution in [0.25, 0.3) is 0 Å². The Morgan fingerprint density at radius 3 is 2.72 bits per heavy atom. The van der Waals surface area contributed by atoms with E-state index in [0.29, 0.717) is 17.2 Å². The first-order valence-electron chi connectivity index (χ1n) is 8.70. The molecule has 132 valence electrons. The summed E-state index contributed by atoms with van der Waals surface area (Å²) >= 11 is 1.69. The quantitative estimate of drug-likeness (QED) is 0.748. The van der Waals surface area contributed by atoms with Crippen LogP contribution in [0.4, 0.5) is 0 Å². The van der Waals surface area contributed by atoms with Gasteiger partial charge in [0.25, 0.3) is 5.91 Å². The molecule has 1 aliphatic rings. The van der Waals surface area contributed by atoms with Crippen molar-refractivity contribution in [3.63, 3.8) is 0 Å². The highest BCUT2D eigenvalue weighted by Crippen LogP contribution is 2.37. The number of thiophene rings is 1. The second-order valence-corrected chi connectivity index (χ2v) is 7.46. The number of amides is 1. The Hall–Kier alpha value is -2.14. The van der Waals surface area contributed by atoms with Crippen molar-refractivity contribution in [2.45, 2.75) is 38.6 Å². The highest BCUT2D eigenvalue weighted by atomic mass is 32.1. The lowest BCUT2D eigenvalue weighted by Crippen LogP contribution is -2.35. The summed E-state index contributed by atoms with van der Waals surface area (Å²) in [6, 6.07) is 11.1. The maximum Gasteiger partial charge on any atom is 0.258 e. The van der Waals surface area contributed by atoms with Crippen LogP contribution in [0, 0.1) is 5.92 Å². The van der Waals surface area contributed by atoms with Crippen LogP contribution in [0.15, 0.2) is 41.8 Å². The van der Waals surface area contributed by atoms with E-state index in [1.165, 1.54) is 24.6 Å². The molecule has 1 saturated carbocycles. The van der Waals surface area contributed by atoms with Crippen LogP contribution >= 0.6 is 11.3 Å².